The van der Waals surface area contributed by atoms with Gasteiger partial charge in [0.2, 0.25) is 0 Å². The fourth-order valence-electron chi connectivity index (χ4n) is 3.49. The summed E-state index contributed by atoms with van der Waals surface area (Å²) in [5.74, 6) is -0.629. The summed E-state index contributed by atoms with van der Waals surface area (Å²) in [5, 5.41) is 11.5. The van der Waals surface area contributed by atoms with Crippen molar-refractivity contribution < 1.29 is 23.7 Å². The highest BCUT2D eigenvalue weighted by Crippen LogP contribution is 2.58. The van der Waals surface area contributed by atoms with Gasteiger partial charge in [-0.15, -0.1) is 0 Å². The monoisotopic (exact) mass is 390 g/mol. The summed E-state index contributed by atoms with van der Waals surface area (Å²) in [6.45, 7) is 4.32. The van der Waals surface area contributed by atoms with Crippen molar-refractivity contribution in [3.05, 3.63) is 60.2 Å². The van der Waals surface area contributed by atoms with Gasteiger partial charge in [-0.25, -0.2) is 0 Å². The zero-order valence-electron chi connectivity index (χ0n) is 15.9. The fourth-order valence-corrected chi connectivity index (χ4v) is 6.09. The molecule has 2 unspecified atom stereocenters. The summed E-state index contributed by atoms with van der Waals surface area (Å²) in [5.41, 5.74) is 1.01. The van der Waals surface area contributed by atoms with Crippen molar-refractivity contribution in [3.63, 3.8) is 0 Å². The molecule has 1 saturated heterocycles. The molecule has 2 aromatic rings. The maximum atomic E-state index is 13.7. The van der Waals surface area contributed by atoms with Gasteiger partial charge in [-0.05, 0) is 36.2 Å². The first-order chi connectivity index (χ1) is 13.0. The molecule has 3 rings (SSSR count). The number of hydrogen-bond donors (Lipinski definition) is 1. The molecule has 1 aliphatic heterocycles. The van der Waals surface area contributed by atoms with Crippen LogP contribution in [0.2, 0.25) is 0 Å². The second-order valence-electron chi connectivity index (χ2n) is 6.88. The maximum Gasteiger partial charge on any atom is 0.262 e. The van der Waals surface area contributed by atoms with Crippen molar-refractivity contribution >= 4 is 12.7 Å². The van der Waals surface area contributed by atoms with E-state index in [-0.39, 0.29) is 12.0 Å². The van der Waals surface area contributed by atoms with E-state index in [0.717, 1.165) is 5.56 Å². The first-order valence-electron chi connectivity index (χ1n) is 9.26. The standard InChI is InChI=1S/C21H27O5P/c1-4-19-15(2)20(25-14-16-8-6-5-7-9-16)21(22)27(23,26-19)18-12-10-17(24-3)11-13-18/h5-13,15,19-22H,4,14H2,1-3H3/t15-,19-,20+,21?,27?/m1/s1. The molecule has 0 bridgehead atoms. The summed E-state index contributed by atoms with van der Waals surface area (Å²) in [6.07, 6.45) is -0.127. The van der Waals surface area contributed by atoms with E-state index in [9.17, 15) is 9.67 Å². The average Bonchev–Trinajstić information content (AvgIpc) is 2.71. The zero-order chi connectivity index (χ0) is 19.4. The smallest absolute Gasteiger partial charge is 0.262 e. The van der Waals surface area contributed by atoms with Crippen molar-refractivity contribution in [2.75, 3.05) is 7.11 Å². The molecule has 5 nitrogen and oxygen atoms in total. The zero-order valence-corrected chi connectivity index (χ0v) is 16.8. The highest BCUT2D eigenvalue weighted by molar-refractivity contribution is 7.67. The number of methoxy groups -OCH3 is 1. The molecule has 1 fully saturated rings. The predicted molar refractivity (Wildman–Crippen MR) is 106 cm³/mol. The van der Waals surface area contributed by atoms with E-state index in [1.165, 1.54) is 0 Å². The first kappa shape index (κ1) is 20.1. The number of benzene rings is 2. The molecule has 0 amide bonds. The van der Waals surface area contributed by atoms with Crippen LogP contribution < -0.4 is 10.0 Å². The van der Waals surface area contributed by atoms with Crippen molar-refractivity contribution in [2.24, 2.45) is 5.92 Å². The molecule has 1 heterocycles. The van der Waals surface area contributed by atoms with Crippen LogP contribution in [0.3, 0.4) is 0 Å². The largest absolute Gasteiger partial charge is 0.497 e. The van der Waals surface area contributed by atoms with Gasteiger partial charge in [0, 0.05) is 11.2 Å². The Balaban J connectivity index is 1.86. The summed E-state index contributed by atoms with van der Waals surface area (Å²) in [6, 6.07) is 16.6. The van der Waals surface area contributed by atoms with E-state index in [1.807, 2.05) is 44.2 Å². The summed E-state index contributed by atoms with van der Waals surface area (Å²) in [4.78, 5) is 0. The molecule has 0 saturated carbocycles. The minimum Gasteiger partial charge on any atom is -0.497 e. The van der Waals surface area contributed by atoms with Gasteiger partial charge in [0.1, 0.15) is 5.75 Å². The molecule has 0 aliphatic carbocycles. The predicted octanol–water partition coefficient (Wildman–Crippen LogP) is 3.95. The minimum absolute atomic E-state index is 0.0750. The van der Waals surface area contributed by atoms with Gasteiger partial charge in [-0.2, -0.15) is 0 Å². The van der Waals surface area contributed by atoms with E-state index < -0.39 is 19.3 Å². The van der Waals surface area contributed by atoms with Crippen LogP contribution in [0.25, 0.3) is 0 Å². The highest BCUT2D eigenvalue weighted by atomic mass is 31.2. The Bertz CT molecular complexity index is 777. The van der Waals surface area contributed by atoms with Gasteiger partial charge in [0.25, 0.3) is 7.37 Å². The highest BCUT2D eigenvalue weighted by Gasteiger charge is 2.51. The third-order valence-corrected chi connectivity index (χ3v) is 7.75. The van der Waals surface area contributed by atoms with E-state index in [2.05, 4.69) is 0 Å². The third-order valence-electron chi connectivity index (χ3n) is 5.16. The SMILES string of the molecule is CC[C@H]1OP(=O)(c2ccc(OC)cc2)C(O)[C@@H](OCc2ccccc2)[C@@H]1C. The summed E-state index contributed by atoms with van der Waals surface area (Å²) in [7, 11) is -1.92. The Hall–Kier alpha value is -1.65. The topological polar surface area (TPSA) is 65.0 Å². The lowest BCUT2D eigenvalue weighted by molar-refractivity contribution is -0.0937. The van der Waals surface area contributed by atoms with Crippen LogP contribution in [0, 0.1) is 5.92 Å². The van der Waals surface area contributed by atoms with E-state index >= 15 is 0 Å². The van der Waals surface area contributed by atoms with Gasteiger partial charge in [-0.3, -0.25) is 4.57 Å². The minimum atomic E-state index is -3.50. The molecule has 6 heteroatoms. The van der Waals surface area contributed by atoms with Crippen LogP contribution in [0.15, 0.2) is 54.6 Å². The lowest BCUT2D eigenvalue weighted by Gasteiger charge is -2.43. The Morgan fingerprint density at radius 2 is 1.78 bits per heavy atom. The van der Waals surface area contributed by atoms with Gasteiger partial charge in [0.15, 0.2) is 5.85 Å². The molecule has 1 N–H and O–H groups in total. The van der Waals surface area contributed by atoms with Crippen molar-refractivity contribution in [1.82, 2.24) is 0 Å². The first-order valence-corrected chi connectivity index (χ1v) is 10.9. The van der Waals surface area contributed by atoms with Crippen LogP contribution in [-0.2, 0) is 20.4 Å². The molecule has 2 aromatic carbocycles. The lowest BCUT2D eigenvalue weighted by Crippen LogP contribution is -2.48. The summed E-state index contributed by atoms with van der Waals surface area (Å²) >= 11 is 0. The van der Waals surface area contributed by atoms with Crippen LogP contribution in [0.4, 0.5) is 0 Å². The van der Waals surface area contributed by atoms with Crippen LogP contribution in [0.5, 0.6) is 5.75 Å². The molecule has 1 aliphatic rings. The van der Waals surface area contributed by atoms with Crippen LogP contribution in [-0.4, -0.2) is 30.3 Å². The van der Waals surface area contributed by atoms with Crippen LogP contribution in [0.1, 0.15) is 25.8 Å². The molecule has 0 radical (unpaired) electrons. The number of hydrogen-bond acceptors (Lipinski definition) is 5. The van der Waals surface area contributed by atoms with Gasteiger partial charge < -0.3 is 19.1 Å². The van der Waals surface area contributed by atoms with Crippen molar-refractivity contribution in [2.45, 2.75) is 44.9 Å². The number of rotatable bonds is 6. The van der Waals surface area contributed by atoms with E-state index in [1.54, 1.807) is 31.4 Å². The number of aliphatic hydroxyl groups is 1. The Kier molecular flexibility index (Phi) is 6.38. The van der Waals surface area contributed by atoms with Crippen LogP contribution >= 0.6 is 7.37 Å². The molecule has 0 aromatic heterocycles. The second kappa shape index (κ2) is 8.57. The number of ether oxygens (including phenoxy) is 2. The Labute approximate surface area is 160 Å². The van der Waals surface area contributed by atoms with Gasteiger partial charge in [-0.1, -0.05) is 44.2 Å². The van der Waals surface area contributed by atoms with Crippen molar-refractivity contribution in [1.29, 1.82) is 0 Å². The average molecular weight is 390 g/mol. The van der Waals surface area contributed by atoms with Gasteiger partial charge >= 0.3 is 0 Å². The molecule has 146 valence electrons. The summed E-state index contributed by atoms with van der Waals surface area (Å²) < 4.78 is 30.9. The Morgan fingerprint density at radius 3 is 2.37 bits per heavy atom. The fraction of sp³-hybridized carbons (Fsp3) is 0.429. The molecule has 27 heavy (non-hydrogen) atoms. The normalized spacial score (nSPS) is 30.8. The van der Waals surface area contributed by atoms with Crippen molar-refractivity contribution in [3.8, 4) is 5.75 Å². The van der Waals surface area contributed by atoms with E-state index in [0.29, 0.717) is 24.1 Å². The number of aliphatic hydroxyl groups excluding tert-OH is 1. The Morgan fingerprint density at radius 1 is 1.11 bits per heavy atom. The maximum absolute atomic E-state index is 13.7. The quantitative estimate of drug-likeness (QED) is 0.757. The van der Waals surface area contributed by atoms with Gasteiger partial charge in [0.05, 0.1) is 25.9 Å². The lowest BCUT2D eigenvalue weighted by atomic mass is 9.96. The molecular formula is C21H27O5P. The molecule has 0 spiro atoms. The molecule has 5 atom stereocenters. The second-order valence-corrected chi connectivity index (χ2v) is 9.33. The third kappa shape index (κ3) is 4.12. The van der Waals surface area contributed by atoms with E-state index in [4.69, 9.17) is 14.0 Å². The molecular weight excluding hydrogens is 363 g/mol.